The molecule has 4 nitrogen and oxygen atoms in total. The first-order valence-corrected chi connectivity index (χ1v) is 7.10. The molecule has 0 atom stereocenters. The standard InChI is InChI=1S/C14H26N2O2/c1-13(2,3)18-12(17)16-14(7-4-8-14)10-15-9-11-5-6-11/h11,15H,4-10H2,1-3H3,(H,16,17). The fourth-order valence-electron chi connectivity index (χ4n) is 2.31. The van der Waals surface area contributed by atoms with Crippen molar-refractivity contribution < 1.29 is 9.53 Å². The number of carbonyl (C=O) groups excluding carboxylic acids is 1. The van der Waals surface area contributed by atoms with Crippen molar-refractivity contribution in [2.24, 2.45) is 5.92 Å². The van der Waals surface area contributed by atoms with Gasteiger partial charge in [-0.15, -0.1) is 0 Å². The smallest absolute Gasteiger partial charge is 0.408 e. The van der Waals surface area contributed by atoms with Gasteiger partial charge in [0.15, 0.2) is 0 Å². The molecule has 1 amide bonds. The van der Waals surface area contributed by atoms with Crippen LogP contribution in [0.4, 0.5) is 4.79 Å². The highest BCUT2D eigenvalue weighted by Gasteiger charge is 2.39. The van der Waals surface area contributed by atoms with Crippen LogP contribution in [0, 0.1) is 5.92 Å². The fraction of sp³-hybridized carbons (Fsp3) is 0.929. The quantitative estimate of drug-likeness (QED) is 0.792. The molecule has 0 aromatic heterocycles. The van der Waals surface area contributed by atoms with Gasteiger partial charge in [-0.05, 0) is 65.3 Å². The molecular formula is C14H26N2O2. The molecule has 0 unspecified atom stereocenters. The average molecular weight is 254 g/mol. The molecule has 18 heavy (non-hydrogen) atoms. The SMILES string of the molecule is CC(C)(C)OC(=O)NC1(CNCC2CC2)CCC1. The summed E-state index contributed by atoms with van der Waals surface area (Å²) < 4.78 is 5.33. The molecule has 0 saturated heterocycles. The number of rotatable bonds is 5. The van der Waals surface area contributed by atoms with Gasteiger partial charge < -0.3 is 15.4 Å². The van der Waals surface area contributed by atoms with E-state index in [4.69, 9.17) is 4.74 Å². The van der Waals surface area contributed by atoms with E-state index in [1.165, 1.54) is 19.3 Å². The van der Waals surface area contributed by atoms with Crippen molar-refractivity contribution in [3.05, 3.63) is 0 Å². The molecule has 0 radical (unpaired) electrons. The number of nitrogens with one attached hydrogen (secondary N) is 2. The van der Waals surface area contributed by atoms with Crippen LogP contribution in [-0.2, 0) is 4.74 Å². The zero-order chi connectivity index (χ0) is 13.2. The molecular weight excluding hydrogens is 228 g/mol. The maximum atomic E-state index is 11.8. The molecule has 2 N–H and O–H groups in total. The van der Waals surface area contributed by atoms with E-state index in [-0.39, 0.29) is 11.6 Å². The van der Waals surface area contributed by atoms with Gasteiger partial charge in [-0.25, -0.2) is 4.79 Å². The maximum absolute atomic E-state index is 11.8. The lowest BCUT2D eigenvalue weighted by molar-refractivity contribution is 0.0382. The van der Waals surface area contributed by atoms with Crippen molar-refractivity contribution in [1.29, 1.82) is 0 Å². The molecule has 2 fully saturated rings. The van der Waals surface area contributed by atoms with Crippen molar-refractivity contribution in [3.8, 4) is 0 Å². The normalized spacial score (nSPS) is 22.2. The first kappa shape index (κ1) is 13.7. The van der Waals surface area contributed by atoms with E-state index < -0.39 is 5.60 Å². The Hall–Kier alpha value is -0.770. The Kier molecular flexibility index (Phi) is 3.85. The zero-order valence-electron chi connectivity index (χ0n) is 11.8. The van der Waals surface area contributed by atoms with E-state index in [0.29, 0.717) is 0 Å². The molecule has 2 saturated carbocycles. The van der Waals surface area contributed by atoms with Crippen molar-refractivity contribution >= 4 is 6.09 Å². The summed E-state index contributed by atoms with van der Waals surface area (Å²) in [4.78, 5) is 11.8. The second kappa shape index (κ2) is 5.08. The second-order valence-electron chi connectivity index (χ2n) is 6.84. The molecule has 0 aromatic carbocycles. The lowest BCUT2D eigenvalue weighted by atomic mass is 9.76. The zero-order valence-corrected chi connectivity index (χ0v) is 11.8. The highest BCUT2D eigenvalue weighted by Crippen LogP contribution is 2.32. The minimum atomic E-state index is -0.420. The number of hydrogen-bond acceptors (Lipinski definition) is 3. The van der Waals surface area contributed by atoms with Crippen LogP contribution < -0.4 is 10.6 Å². The molecule has 2 aliphatic carbocycles. The third-order valence-electron chi connectivity index (χ3n) is 3.67. The first-order chi connectivity index (χ1) is 8.39. The summed E-state index contributed by atoms with van der Waals surface area (Å²) in [5.74, 6) is 0.878. The van der Waals surface area contributed by atoms with Gasteiger partial charge >= 0.3 is 6.09 Å². The van der Waals surface area contributed by atoms with Crippen LogP contribution in [0.3, 0.4) is 0 Å². The second-order valence-corrected chi connectivity index (χ2v) is 6.84. The lowest BCUT2D eigenvalue weighted by Crippen LogP contribution is -2.60. The monoisotopic (exact) mass is 254 g/mol. The first-order valence-electron chi connectivity index (χ1n) is 7.10. The average Bonchev–Trinajstić information content (AvgIpc) is 2.94. The molecule has 104 valence electrons. The molecule has 0 bridgehead atoms. The van der Waals surface area contributed by atoms with Crippen molar-refractivity contribution in [1.82, 2.24) is 10.6 Å². The number of hydrogen-bond donors (Lipinski definition) is 2. The summed E-state index contributed by atoms with van der Waals surface area (Å²) >= 11 is 0. The Balaban J connectivity index is 1.74. The van der Waals surface area contributed by atoms with Crippen LogP contribution in [0.15, 0.2) is 0 Å². The van der Waals surface area contributed by atoms with Crippen molar-refractivity contribution in [2.75, 3.05) is 13.1 Å². The maximum Gasteiger partial charge on any atom is 0.408 e. The predicted molar refractivity (Wildman–Crippen MR) is 71.5 cm³/mol. The Morgan fingerprint density at radius 1 is 1.33 bits per heavy atom. The van der Waals surface area contributed by atoms with Crippen LogP contribution in [0.2, 0.25) is 0 Å². The van der Waals surface area contributed by atoms with Gasteiger partial charge in [0.1, 0.15) is 5.60 Å². The number of ether oxygens (including phenoxy) is 1. The largest absolute Gasteiger partial charge is 0.444 e. The van der Waals surface area contributed by atoms with Gasteiger partial charge in [0.25, 0.3) is 0 Å². The minimum absolute atomic E-state index is 0.0583. The predicted octanol–water partition coefficient (Wildman–Crippen LogP) is 2.43. The molecule has 2 aliphatic rings. The third-order valence-corrected chi connectivity index (χ3v) is 3.67. The number of alkyl carbamates (subject to hydrolysis) is 1. The van der Waals surface area contributed by atoms with E-state index in [2.05, 4.69) is 10.6 Å². The third kappa shape index (κ3) is 4.16. The van der Waals surface area contributed by atoms with E-state index in [1.807, 2.05) is 20.8 Å². The Morgan fingerprint density at radius 3 is 2.44 bits per heavy atom. The Bertz CT molecular complexity index is 301. The van der Waals surface area contributed by atoms with Crippen LogP contribution in [0.25, 0.3) is 0 Å². The van der Waals surface area contributed by atoms with Crippen LogP contribution in [-0.4, -0.2) is 30.3 Å². The Labute approximate surface area is 110 Å². The summed E-state index contributed by atoms with van der Waals surface area (Å²) in [6, 6.07) is 0. The van der Waals surface area contributed by atoms with E-state index >= 15 is 0 Å². The van der Waals surface area contributed by atoms with Gasteiger partial charge in [-0.1, -0.05) is 0 Å². The Morgan fingerprint density at radius 2 is 2.00 bits per heavy atom. The number of carbonyl (C=O) groups is 1. The van der Waals surface area contributed by atoms with E-state index in [9.17, 15) is 4.79 Å². The van der Waals surface area contributed by atoms with E-state index in [0.717, 1.165) is 31.8 Å². The molecule has 0 aliphatic heterocycles. The minimum Gasteiger partial charge on any atom is -0.444 e. The van der Waals surface area contributed by atoms with Crippen molar-refractivity contribution in [3.63, 3.8) is 0 Å². The topological polar surface area (TPSA) is 50.4 Å². The van der Waals surface area contributed by atoms with Gasteiger partial charge in [-0.3, -0.25) is 0 Å². The summed E-state index contributed by atoms with van der Waals surface area (Å²) in [5.41, 5.74) is -0.478. The van der Waals surface area contributed by atoms with Crippen LogP contribution in [0.1, 0.15) is 52.9 Å². The van der Waals surface area contributed by atoms with E-state index in [1.54, 1.807) is 0 Å². The molecule has 0 heterocycles. The van der Waals surface area contributed by atoms with Crippen LogP contribution >= 0.6 is 0 Å². The van der Waals surface area contributed by atoms with Gasteiger partial charge in [0, 0.05) is 6.54 Å². The van der Waals surface area contributed by atoms with Gasteiger partial charge in [0.05, 0.1) is 5.54 Å². The summed E-state index contributed by atoms with van der Waals surface area (Å²) in [6.45, 7) is 7.66. The lowest BCUT2D eigenvalue weighted by Gasteiger charge is -2.42. The molecule has 4 heteroatoms. The molecule has 2 rings (SSSR count). The highest BCUT2D eigenvalue weighted by atomic mass is 16.6. The summed E-state index contributed by atoms with van der Waals surface area (Å²) in [7, 11) is 0. The van der Waals surface area contributed by atoms with Gasteiger partial charge in [-0.2, -0.15) is 0 Å². The molecule has 0 aromatic rings. The number of amides is 1. The molecule has 0 spiro atoms. The highest BCUT2D eigenvalue weighted by molar-refractivity contribution is 5.69. The van der Waals surface area contributed by atoms with Crippen LogP contribution in [0.5, 0.6) is 0 Å². The van der Waals surface area contributed by atoms with Gasteiger partial charge in [0.2, 0.25) is 0 Å². The fourth-order valence-corrected chi connectivity index (χ4v) is 2.31. The summed E-state index contributed by atoms with van der Waals surface area (Å²) in [6.07, 6.45) is 5.75. The van der Waals surface area contributed by atoms with Crippen molar-refractivity contribution in [2.45, 2.75) is 64.0 Å². The summed E-state index contributed by atoms with van der Waals surface area (Å²) in [5, 5.41) is 6.54.